The number of hydrogen-bond acceptors (Lipinski definition) is 4. The molecular formula is C133H86N4S2. The van der Waals surface area contributed by atoms with Crippen LogP contribution in [-0.2, 0) is 5.41 Å². The molecule has 2 aliphatic rings. The lowest BCUT2D eigenvalue weighted by molar-refractivity contribution is 0.793. The zero-order chi connectivity index (χ0) is 91.6. The Hall–Kier alpha value is -17.5. The van der Waals surface area contributed by atoms with Crippen molar-refractivity contribution >= 4 is 141 Å². The lowest BCUT2D eigenvalue weighted by Crippen LogP contribution is -2.26. The molecule has 2 aliphatic carbocycles. The third-order valence-corrected chi connectivity index (χ3v) is 31.2. The van der Waals surface area contributed by atoms with Crippen molar-refractivity contribution in [1.82, 2.24) is 9.13 Å². The van der Waals surface area contributed by atoms with Crippen molar-refractivity contribution in [2.75, 3.05) is 9.80 Å². The highest BCUT2D eigenvalue weighted by atomic mass is 32.1. The minimum atomic E-state index is -0.467. The van der Waals surface area contributed by atoms with E-state index in [0.29, 0.717) is 0 Å². The van der Waals surface area contributed by atoms with E-state index in [1.54, 1.807) is 0 Å². The van der Waals surface area contributed by atoms with Gasteiger partial charge in [-0.05, 0) is 245 Å². The van der Waals surface area contributed by atoms with E-state index >= 15 is 0 Å². The molecule has 28 rings (SSSR count). The summed E-state index contributed by atoms with van der Waals surface area (Å²) in [5.41, 5.74) is 40.7. The second-order valence-electron chi connectivity index (χ2n) is 36.4. The largest absolute Gasteiger partial charge is 0.310 e. The van der Waals surface area contributed by atoms with Crippen LogP contribution in [0.25, 0.3) is 195 Å². The second-order valence-corrected chi connectivity index (χ2v) is 38.5. The third-order valence-electron chi connectivity index (χ3n) is 28.8. The number of fused-ring (bicyclic) bond motifs is 24. The summed E-state index contributed by atoms with van der Waals surface area (Å²) in [4.78, 5) is 4.87. The fraction of sp³-hybridized carbons (Fsp3) is 0.00752. The van der Waals surface area contributed by atoms with Crippen LogP contribution in [0.15, 0.2) is 522 Å². The van der Waals surface area contributed by atoms with Gasteiger partial charge in [-0.25, -0.2) is 0 Å². The maximum Gasteiger partial charge on any atom is 0.0726 e. The number of aromatic nitrogens is 2. The van der Waals surface area contributed by atoms with E-state index in [1.165, 1.54) is 206 Å². The first-order chi connectivity index (χ1) is 68.9. The van der Waals surface area contributed by atoms with Gasteiger partial charge in [0.05, 0.1) is 27.5 Å². The average Bonchev–Trinajstić information content (AvgIpc) is 1.51. The number of para-hydroxylation sites is 2. The number of hydrogen-bond donors (Lipinski definition) is 0. The molecule has 0 aliphatic heterocycles. The predicted molar refractivity (Wildman–Crippen MR) is 591 cm³/mol. The van der Waals surface area contributed by atoms with Crippen molar-refractivity contribution in [3.63, 3.8) is 0 Å². The van der Waals surface area contributed by atoms with Gasteiger partial charge in [-0.2, -0.15) is 0 Å². The highest BCUT2D eigenvalue weighted by Gasteiger charge is 2.52. The fourth-order valence-electron chi connectivity index (χ4n) is 22.6. The predicted octanol–water partition coefficient (Wildman–Crippen LogP) is 37.3. The van der Waals surface area contributed by atoms with Crippen LogP contribution in [-0.4, -0.2) is 9.13 Å². The third kappa shape index (κ3) is 13.5. The molecule has 6 heteroatoms. The average molecular weight is 1800 g/mol. The van der Waals surface area contributed by atoms with Gasteiger partial charge in [0, 0.05) is 119 Å². The first-order valence-electron chi connectivity index (χ1n) is 47.7. The smallest absolute Gasteiger partial charge is 0.0726 e. The zero-order valence-electron chi connectivity index (χ0n) is 75.8. The lowest BCUT2D eigenvalue weighted by atomic mass is 9.70. The van der Waals surface area contributed by atoms with Crippen molar-refractivity contribution in [2.24, 2.45) is 0 Å². The van der Waals surface area contributed by atoms with Crippen molar-refractivity contribution in [2.45, 2.75) is 5.41 Å². The quantitative estimate of drug-likeness (QED) is 0.102. The van der Waals surface area contributed by atoms with Gasteiger partial charge in [0.15, 0.2) is 0 Å². The molecular weight excluding hydrogens is 1720 g/mol. The van der Waals surface area contributed by atoms with Crippen LogP contribution < -0.4 is 9.80 Å². The number of thiophene rings is 2. The molecule has 22 aromatic carbocycles. The highest BCUT2D eigenvalue weighted by Crippen LogP contribution is 2.64. The summed E-state index contributed by atoms with van der Waals surface area (Å²) < 4.78 is 10.1. The molecule has 650 valence electrons. The lowest BCUT2D eigenvalue weighted by Gasteiger charge is -2.32. The number of rotatable bonds is 15. The van der Waals surface area contributed by atoms with Gasteiger partial charge >= 0.3 is 0 Å². The Kier molecular flexibility index (Phi) is 19.6. The van der Waals surface area contributed by atoms with E-state index in [9.17, 15) is 0 Å². The Morgan fingerprint density at radius 1 is 0.173 bits per heavy atom. The molecule has 0 fully saturated rings. The number of nitrogens with zero attached hydrogens (tertiary/aromatic N) is 4. The first kappa shape index (κ1) is 81.1. The minimum Gasteiger partial charge on any atom is -0.310 e. The standard InChI is InChI=1S/C73H46N2S.C60H40N2S/c1-3-18-47(19-4-1)49-34-38-52(39-35-49)74(55-42-43-59-58-26-9-14-31-66(58)73(67(59)45-55)64-29-12-7-24-56(64)57-25-8-13-30-65(57)73)54-23-17-22-51(44-54)62-46-63-60-27-10-15-32-68(60)75(53-40-36-50(37-41-53)48-20-5-2-6-21-48)71(63)70-61-28-11-16-33-69(61)76-72(62)70;1-4-16-41(17-5-1)44-30-34-48(35-31-44)61(49-36-32-45(33-37-49)42-18-6-2-7-19-42)50-24-15-23-47(39-50)54-40-55-52-26-10-12-28-56(52)62(51-25-14-22-46(38-51)43-20-8-3-9-21-43)59(55)58-53-27-11-13-29-57(53)63-60(54)58/h1-46H;1-40H. The van der Waals surface area contributed by atoms with E-state index in [1.807, 2.05) is 22.7 Å². The maximum atomic E-state index is 2.50. The molecule has 26 aromatic rings. The molecule has 4 nitrogen and oxygen atoms in total. The summed E-state index contributed by atoms with van der Waals surface area (Å²) in [6.07, 6.45) is 0. The normalized spacial score (nSPS) is 12.2. The summed E-state index contributed by atoms with van der Waals surface area (Å²) in [6, 6.07) is 192. The van der Waals surface area contributed by atoms with Crippen LogP contribution >= 0.6 is 22.7 Å². The van der Waals surface area contributed by atoms with Crippen LogP contribution in [0.3, 0.4) is 0 Å². The number of anilines is 6. The Morgan fingerprint density at radius 3 is 0.899 bits per heavy atom. The molecule has 4 aromatic heterocycles. The SMILES string of the molecule is c1ccc(-c2ccc(N(c3ccc(-c4ccccc4)cc3)c3cccc(-c4cc5c6ccccc6n(-c6cccc(-c7ccccc7)c6)c5c5c4sc4ccccc45)c3)cc2)cc1.c1ccc(-c2ccc(N(c3cccc(-c4cc5c6ccccc6n(-c6ccc(-c7ccccc7)cc6)c5c5c4sc4ccccc45)c3)c3ccc4c(c3)C3(c5ccccc5-c5ccccc53)c3ccccc3-4)cc2)cc1. The van der Waals surface area contributed by atoms with Crippen molar-refractivity contribution in [3.8, 4) is 112 Å². The Balaban J connectivity index is 0.000000142. The summed E-state index contributed by atoms with van der Waals surface area (Å²) in [5.74, 6) is 0. The van der Waals surface area contributed by atoms with Crippen molar-refractivity contribution < 1.29 is 0 Å². The fourth-order valence-corrected chi connectivity index (χ4v) is 25.1. The van der Waals surface area contributed by atoms with Gasteiger partial charge in [0.25, 0.3) is 0 Å². The van der Waals surface area contributed by atoms with Gasteiger partial charge < -0.3 is 18.9 Å². The number of benzene rings is 22. The first-order valence-corrected chi connectivity index (χ1v) is 49.4. The summed E-state index contributed by atoms with van der Waals surface area (Å²) in [7, 11) is 0. The molecule has 0 saturated heterocycles. The Bertz CT molecular complexity index is 9130. The molecule has 0 radical (unpaired) electrons. The molecule has 0 amide bonds. The van der Waals surface area contributed by atoms with Gasteiger partial charge in [0.1, 0.15) is 0 Å². The molecule has 0 bridgehead atoms. The Morgan fingerprint density at radius 2 is 0.475 bits per heavy atom. The van der Waals surface area contributed by atoms with Crippen LogP contribution in [0.4, 0.5) is 34.1 Å². The highest BCUT2D eigenvalue weighted by molar-refractivity contribution is 7.27. The van der Waals surface area contributed by atoms with Crippen molar-refractivity contribution in [3.05, 3.63) is 544 Å². The topological polar surface area (TPSA) is 16.3 Å². The van der Waals surface area contributed by atoms with E-state index < -0.39 is 5.41 Å². The van der Waals surface area contributed by atoms with Gasteiger partial charge in [-0.3, -0.25) is 0 Å². The summed E-state index contributed by atoms with van der Waals surface area (Å²) in [5, 5.41) is 10.1. The zero-order valence-corrected chi connectivity index (χ0v) is 77.4. The van der Waals surface area contributed by atoms with E-state index in [0.717, 1.165) is 45.5 Å². The van der Waals surface area contributed by atoms with E-state index in [4.69, 9.17) is 0 Å². The molecule has 4 heterocycles. The summed E-state index contributed by atoms with van der Waals surface area (Å²) in [6.45, 7) is 0. The van der Waals surface area contributed by atoms with Gasteiger partial charge in [-0.15, -0.1) is 22.7 Å². The van der Waals surface area contributed by atoms with Crippen LogP contribution in [0.2, 0.25) is 0 Å². The molecule has 0 unspecified atom stereocenters. The molecule has 0 saturated carbocycles. The van der Waals surface area contributed by atoms with Crippen molar-refractivity contribution in [1.29, 1.82) is 0 Å². The van der Waals surface area contributed by atoms with Crippen LogP contribution in [0.1, 0.15) is 22.3 Å². The molecule has 1 spiro atoms. The van der Waals surface area contributed by atoms with Crippen LogP contribution in [0.5, 0.6) is 0 Å². The maximum absolute atomic E-state index is 2.50. The van der Waals surface area contributed by atoms with Gasteiger partial charge in [0.2, 0.25) is 0 Å². The van der Waals surface area contributed by atoms with Crippen LogP contribution in [0, 0.1) is 0 Å². The molecule has 0 atom stereocenters. The monoisotopic (exact) mass is 1800 g/mol. The van der Waals surface area contributed by atoms with E-state index in [-0.39, 0.29) is 0 Å². The molecule has 139 heavy (non-hydrogen) atoms. The Labute approximate surface area is 814 Å². The minimum absolute atomic E-state index is 0.467. The summed E-state index contributed by atoms with van der Waals surface area (Å²) >= 11 is 3.79. The second kappa shape index (κ2) is 33.5. The molecule has 0 N–H and O–H groups in total. The van der Waals surface area contributed by atoms with E-state index in [2.05, 4.69) is 541 Å². The van der Waals surface area contributed by atoms with Gasteiger partial charge in [-0.1, -0.05) is 388 Å².